The maximum absolute atomic E-state index is 2.37. The van der Waals surface area contributed by atoms with Crippen molar-refractivity contribution in [2.75, 3.05) is 0 Å². The Morgan fingerprint density at radius 2 is 0.656 bits per heavy atom. The van der Waals surface area contributed by atoms with Crippen molar-refractivity contribution in [2.24, 2.45) is 0 Å². The average molecular weight is 521 g/mol. The summed E-state index contributed by atoms with van der Waals surface area (Å²) < 4.78 is 0. The zero-order valence-corrected chi connectivity index (χ0v) is 21.6. The highest BCUT2D eigenvalue weighted by molar-refractivity contribution is 8.17. The maximum Gasteiger partial charge on any atom is 0.0410 e. The highest BCUT2D eigenvalue weighted by Gasteiger charge is 2.21. The second kappa shape index (κ2) is 9.21. The predicted molar refractivity (Wildman–Crippen MR) is 151 cm³/mol. The van der Waals surface area contributed by atoms with Gasteiger partial charge in [-0.2, -0.15) is 0 Å². The lowest BCUT2D eigenvalue weighted by atomic mass is 10.0. The maximum atomic E-state index is 2.37. The number of thioether (sulfide) groups is 2. The summed E-state index contributed by atoms with van der Waals surface area (Å²) in [6, 6.07) is 17.4. The molecule has 6 heteroatoms. The molecule has 0 fully saturated rings. The van der Waals surface area contributed by atoms with Gasteiger partial charge in [-0.25, -0.2) is 0 Å². The summed E-state index contributed by atoms with van der Waals surface area (Å²) >= 11 is 11.0. The van der Waals surface area contributed by atoms with E-state index in [4.69, 9.17) is 0 Å². The van der Waals surface area contributed by atoms with Gasteiger partial charge in [0.25, 0.3) is 0 Å². The summed E-state index contributed by atoms with van der Waals surface area (Å²) in [7, 11) is 0. The molecule has 156 valence electrons. The molecule has 0 bridgehead atoms. The van der Waals surface area contributed by atoms with Crippen LogP contribution in [0.1, 0.15) is 19.5 Å². The lowest BCUT2D eigenvalue weighted by molar-refractivity contribution is 1.58. The van der Waals surface area contributed by atoms with Crippen LogP contribution >= 0.6 is 68.9 Å². The first-order chi connectivity index (χ1) is 15.8. The normalized spacial score (nSPS) is 16.5. The third-order valence-corrected chi connectivity index (χ3v) is 11.3. The van der Waals surface area contributed by atoms with Crippen LogP contribution in [-0.4, -0.2) is 0 Å². The molecule has 0 saturated heterocycles. The molecule has 0 saturated carbocycles. The quantitative estimate of drug-likeness (QED) is 0.262. The largest absolute Gasteiger partial charge is 0.143 e. The van der Waals surface area contributed by atoms with Gasteiger partial charge in [0, 0.05) is 39.1 Å². The Kier molecular flexibility index (Phi) is 5.98. The zero-order valence-electron chi connectivity index (χ0n) is 16.7. The molecule has 6 heterocycles. The van der Waals surface area contributed by atoms with Crippen LogP contribution in [0.3, 0.4) is 0 Å². The van der Waals surface area contributed by atoms with E-state index in [-0.39, 0.29) is 0 Å². The third kappa shape index (κ3) is 4.23. The minimum atomic E-state index is 1.28. The molecule has 0 atom stereocenters. The molecule has 2 aliphatic rings. The molecule has 0 N–H and O–H groups in total. The van der Waals surface area contributed by atoms with Crippen molar-refractivity contribution in [3.8, 4) is 0 Å². The first-order valence-electron chi connectivity index (χ1n) is 9.96. The monoisotopic (exact) mass is 520 g/mol. The third-order valence-electron chi connectivity index (χ3n) is 4.98. The fourth-order valence-corrected chi connectivity index (χ4v) is 9.01. The highest BCUT2D eigenvalue weighted by Crippen LogP contribution is 2.50. The van der Waals surface area contributed by atoms with Crippen molar-refractivity contribution in [2.45, 2.75) is 0 Å². The Hall–Kier alpha value is -1.80. The van der Waals surface area contributed by atoms with Crippen molar-refractivity contribution < 1.29 is 0 Å². The lowest BCUT2D eigenvalue weighted by Crippen LogP contribution is -1.95. The van der Waals surface area contributed by atoms with Crippen molar-refractivity contribution in [3.63, 3.8) is 0 Å². The second-order valence-electron chi connectivity index (χ2n) is 7.06. The Bertz CT molecular complexity index is 1160. The lowest BCUT2D eigenvalue weighted by Gasteiger charge is -2.20. The fourth-order valence-electron chi connectivity index (χ4n) is 3.50. The first-order valence-corrected chi connectivity index (χ1v) is 15.1. The van der Waals surface area contributed by atoms with Gasteiger partial charge in [0.1, 0.15) is 0 Å². The standard InChI is InChI=1S/C26H16S6/c1-5-19(27-9-1)23-13-17(14-24(31-23)20-6-2-10-28-20)18-15-25(21-7-3-11-29-21)32-26(16-18)22-8-4-12-30-22/h1-16H. The van der Waals surface area contributed by atoms with Crippen molar-refractivity contribution in [1.82, 2.24) is 0 Å². The van der Waals surface area contributed by atoms with E-state index >= 15 is 0 Å². The Labute approximate surface area is 212 Å². The molecular formula is C26H16S6. The van der Waals surface area contributed by atoms with Crippen molar-refractivity contribution in [1.29, 1.82) is 0 Å². The van der Waals surface area contributed by atoms with Crippen LogP contribution in [0.2, 0.25) is 0 Å². The molecule has 0 spiro atoms. The van der Waals surface area contributed by atoms with Crippen LogP contribution < -0.4 is 0 Å². The van der Waals surface area contributed by atoms with Gasteiger partial charge in [-0.05, 0) is 81.2 Å². The number of hydrogen-bond acceptors (Lipinski definition) is 6. The second-order valence-corrected chi connectivity index (χ2v) is 13.0. The Balaban J connectivity index is 1.54. The van der Waals surface area contributed by atoms with Crippen molar-refractivity contribution >= 4 is 88.5 Å². The van der Waals surface area contributed by atoms with E-state index < -0.39 is 0 Å². The molecule has 0 unspecified atom stereocenters. The predicted octanol–water partition coefficient (Wildman–Crippen LogP) is 10.2. The van der Waals surface area contributed by atoms with Crippen LogP contribution in [0.4, 0.5) is 0 Å². The molecule has 32 heavy (non-hydrogen) atoms. The summed E-state index contributed by atoms with van der Waals surface area (Å²) in [5.41, 5.74) is 2.55. The van der Waals surface area contributed by atoms with E-state index in [9.17, 15) is 0 Å². The van der Waals surface area contributed by atoms with Crippen LogP contribution in [0, 0.1) is 0 Å². The number of hydrogen-bond donors (Lipinski definition) is 0. The van der Waals surface area contributed by atoms with E-state index in [0.717, 1.165) is 0 Å². The van der Waals surface area contributed by atoms with Crippen molar-refractivity contribution in [3.05, 3.63) is 125 Å². The molecule has 0 aliphatic carbocycles. The molecule has 2 aliphatic heterocycles. The highest BCUT2D eigenvalue weighted by atomic mass is 32.2. The molecule has 0 aromatic carbocycles. The minimum absolute atomic E-state index is 1.28. The minimum Gasteiger partial charge on any atom is -0.143 e. The van der Waals surface area contributed by atoms with Gasteiger partial charge in [0.2, 0.25) is 0 Å². The van der Waals surface area contributed by atoms with E-state index in [2.05, 4.69) is 94.4 Å². The van der Waals surface area contributed by atoms with Gasteiger partial charge in [0.05, 0.1) is 0 Å². The van der Waals surface area contributed by atoms with E-state index in [1.54, 1.807) is 0 Å². The number of allylic oxidation sites excluding steroid dienone is 6. The van der Waals surface area contributed by atoms with Gasteiger partial charge < -0.3 is 0 Å². The van der Waals surface area contributed by atoms with Crippen LogP contribution in [0.15, 0.2) is 106 Å². The summed E-state index contributed by atoms with van der Waals surface area (Å²) in [4.78, 5) is 10.6. The summed E-state index contributed by atoms with van der Waals surface area (Å²) in [6.45, 7) is 0. The molecule has 4 aromatic heterocycles. The number of thiophene rings is 4. The van der Waals surface area contributed by atoms with Crippen LogP contribution in [0.25, 0.3) is 19.6 Å². The molecule has 4 aromatic rings. The molecule has 0 amide bonds. The van der Waals surface area contributed by atoms with Gasteiger partial charge in [-0.15, -0.1) is 45.3 Å². The van der Waals surface area contributed by atoms with E-state index in [1.165, 1.54) is 50.3 Å². The smallest absolute Gasteiger partial charge is 0.0410 e. The van der Waals surface area contributed by atoms with E-state index in [0.29, 0.717) is 0 Å². The molecular weight excluding hydrogens is 505 g/mol. The topological polar surface area (TPSA) is 0 Å². The summed E-state index contributed by atoms with van der Waals surface area (Å²) in [5, 5.41) is 8.64. The molecule has 0 radical (unpaired) electrons. The first kappa shape index (κ1) is 20.8. The number of rotatable bonds is 4. The average Bonchev–Trinajstić information content (AvgIpc) is 3.67. The van der Waals surface area contributed by atoms with Crippen LogP contribution in [-0.2, 0) is 0 Å². The van der Waals surface area contributed by atoms with Gasteiger partial charge in [-0.3, -0.25) is 0 Å². The van der Waals surface area contributed by atoms with E-state index in [1.807, 2.05) is 68.9 Å². The van der Waals surface area contributed by atoms with Gasteiger partial charge in [-0.1, -0.05) is 47.8 Å². The summed E-state index contributed by atoms with van der Waals surface area (Å²) in [6.07, 6.45) is 9.46. The SMILES string of the molecule is C1=C(c2cccs2)SC(c2cccs2)=CC1=C1C=C(c2cccs2)SC(c2cccs2)=C1. The molecule has 0 nitrogen and oxygen atoms in total. The summed E-state index contributed by atoms with van der Waals surface area (Å²) in [5.74, 6) is 0. The van der Waals surface area contributed by atoms with Gasteiger partial charge >= 0.3 is 0 Å². The Morgan fingerprint density at radius 3 is 0.875 bits per heavy atom. The zero-order chi connectivity index (χ0) is 21.3. The fraction of sp³-hybridized carbons (Fsp3) is 0. The Morgan fingerprint density at radius 1 is 0.375 bits per heavy atom. The van der Waals surface area contributed by atoms with Crippen LogP contribution in [0.5, 0.6) is 0 Å². The molecule has 6 rings (SSSR count). The van der Waals surface area contributed by atoms with Gasteiger partial charge in [0.15, 0.2) is 0 Å².